The van der Waals surface area contributed by atoms with Gasteiger partial charge < -0.3 is 21.0 Å². The van der Waals surface area contributed by atoms with Gasteiger partial charge in [-0.25, -0.2) is 0 Å². The number of ether oxygens (including phenoxy) is 1. The van der Waals surface area contributed by atoms with Crippen molar-refractivity contribution in [3.63, 3.8) is 0 Å². The number of nitrogens with two attached hydrogens (primary N) is 1. The molecule has 0 rings (SSSR count). The lowest BCUT2D eigenvalue weighted by Gasteiger charge is -2.04. The molecule has 0 fully saturated rings. The molecule has 0 saturated carbocycles. The van der Waals surface area contributed by atoms with Crippen LogP contribution in [0.15, 0.2) is 5.16 Å². The Balaban J connectivity index is 2.99. The number of nitrogens with one attached hydrogen (secondary N) is 1. The van der Waals surface area contributed by atoms with Crippen LogP contribution in [0.2, 0.25) is 0 Å². The Hall–Kier alpha value is -0.810. The van der Waals surface area contributed by atoms with Crippen LogP contribution in [-0.4, -0.2) is 37.8 Å². The molecule has 0 aromatic heterocycles. The van der Waals surface area contributed by atoms with E-state index in [1.54, 1.807) is 7.11 Å². The van der Waals surface area contributed by atoms with Crippen LogP contribution >= 0.6 is 0 Å². The van der Waals surface area contributed by atoms with Crippen molar-refractivity contribution in [1.82, 2.24) is 5.32 Å². The molecule has 0 aliphatic heterocycles. The van der Waals surface area contributed by atoms with Gasteiger partial charge in [-0.1, -0.05) is 5.16 Å². The molecule has 0 heterocycles. The van der Waals surface area contributed by atoms with E-state index >= 15 is 0 Å². The van der Waals surface area contributed by atoms with Crippen molar-refractivity contribution in [1.29, 1.82) is 0 Å². The molecule has 0 aliphatic rings. The highest BCUT2D eigenvalue weighted by atomic mass is 16.5. The summed E-state index contributed by atoms with van der Waals surface area (Å²) >= 11 is 0. The summed E-state index contributed by atoms with van der Waals surface area (Å²) in [5.74, 6) is 0.303. The highest BCUT2D eigenvalue weighted by molar-refractivity contribution is 5.79. The molecule has 5 heteroatoms. The minimum atomic E-state index is 0.303. The quantitative estimate of drug-likeness (QED) is 0.167. The smallest absolute Gasteiger partial charge is 0.139 e. The summed E-state index contributed by atoms with van der Waals surface area (Å²) in [6, 6.07) is 0. The molecule has 0 amide bonds. The van der Waals surface area contributed by atoms with Gasteiger partial charge in [-0.3, -0.25) is 0 Å². The van der Waals surface area contributed by atoms with Gasteiger partial charge in [0.2, 0.25) is 0 Å². The summed E-state index contributed by atoms with van der Waals surface area (Å²) < 4.78 is 4.95. The number of unbranched alkanes of at least 4 members (excludes halogenated alkanes) is 2. The lowest BCUT2D eigenvalue weighted by molar-refractivity contribution is 0.192. The Kier molecular flexibility index (Phi) is 10.7. The zero-order valence-corrected chi connectivity index (χ0v) is 9.54. The molecule has 0 saturated heterocycles. The number of oxime groups is 1. The first-order chi connectivity index (χ1) is 7.31. The second kappa shape index (κ2) is 11.3. The molecule has 4 N–H and O–H groups in total. The molecular weight excluding hydrogens is 194 g/mol. The molecule has 0 aromatic carbocycles. The topological polar surface area (TPSA) is 79.9 Å². The van der Waals surface area contributed by atoms with Gasteiger partial charge in [0, 0.05) is 20.1 Å². The zero-order valence-electron chi connectivity index (χ0n) is 9.54. The Morgan fingerprint density at radius 2 is 2.00 bits per heavy atom. The van der Waals surface area contributed by atoms with Gasteiger partial charge in [0.15, 0.2) is 0 Å². The summed E-state index contributed by atoms with van der Waals surface area (Å²) in [5, 5.41) is 14.5. The van der Waals surface area contributed by atoms with Crippen molar-refractivity contribution in [3.05, 3.63) is 0 Å². The molecule has 0 bridgehead atoms. The van der Waals surface area contributed by atoms with Crippen LogP contribution in [-0.2, 0) is 4.74 Å². The third kappa shape index (κ3) is 11.1. The fourth-order valence-electron chi connectivity index (χ4n) is 1.24. The monoisotopic (exact) mass is 217 g/mol. The SMILES string of the molecule is COCCCCCNCCCC(N)=NO. The van der Waals surface area contributed by atoms with Gasteiger partial charge in [-0.05, 0) is 38.8 Å². The summed E-state index contributed by atoms with van der Waals surface area (Å²) in [7, 11) is 1.73. The molecule has 0 radical (unpaired) electrons. The van der Waals surface area contributed by atoms with E-state index in [1.807, 2.05) is 0 Å². The van der Waals surface area contributed by atoms with E-state index in [-0.39, 0.29) is 0 Å². The molecule has 0 aromatic rings. The fraction of sp³-hybridized carbons (Fsp3) is 0.900. The summed E-state index contributed by atoms with van der Waals surface area (Å²) in [6.45, 7) is 2.80. The first-order valence-corrected chi connectivity index (χ1v) is 5.47. The minimum absolute atomic E-state index is 0.303. The highest BCUT2D eigenvalue weighted by Gasteiger charge is 1.93. The third-order valence-electron chi connectivity index (χ3n) is 2.12. The molecule has 0 atom stereocenters. The third-order valence-corrected chi connectivity index (χ3v) is 2.12. The predicted molar refractivity (Wildman–Crippen MR) is 61.2 cm³/mol. The molecule has 15 heavy (non-hydrogen) atoms. The maximum absolute atomic E-state index is 8.29. The Bertz CT molecular complexity index is 163. The molecular formula is C10H23N3O2. The lowest BCUT2D eigenvalue weighted by Crippen LogP contribution is -2.19. The van der Waals surface area contributed by atoms with E-state index in [0.717, 1.165) is 32.5 Å². The molecule has 0 aliphatic carbocycles. The first kappa shape index (κ1) is 14.2. The maximum atomic E-state index is 8.29. The van der Waals surface area contributed by atoms with Crippen molar-refractivity contribution < 1.29 is 9.94 Å². The van der Waals surface area contributed by atoms with Gasteiger partial charge in [0.05, 0.1) is 0 Å². The number of hydrogen-bond acceptors (Lipinski definition) is 4. The number of nitrogens with zero attached hydrogens (tertiary/aromatic N) is 1. The summed E-state index contributed by atoms with van der Waals surface area (Å²) in [4.78, 5) is 0. The van der Waals surface area contributed by atoms with Crippen LogP contribution < -0.4 is 11.1 Å². The molecule has 5 nitrogen and oxygen atoms in total. The van der Waals surface area contributed by atoms with E-state index in [0.29, 0.717) is 12.3 Å². The Morgan fingerprint density at radius 1 is 1.27 bits per heavy atom. The van der Waals surface area contributed by atoms with Crippen LogP contribution in [0.4, 0.5) is 0 Å². The van der Waals surface area contributed by atoms with E-state index in [1.165, 1.54) is 12.8 Å². The van der Waals surface area contributed by atoms with Crippen LogP contribution in [0, 0.1) is 0 Å². The summed E-state index contributed by atoms with van der Waals surface area (Å²) in [5.41, 5.74) is 5.33. The van der Waals surface area contributed by atoms with Gasteiger partial charge in [0.25, 0.3) is 0 Å². The van der Waals surface area contributed by atoms with Crippen molar-refractivity contribution in [2.75, 3.05) is 26.8 Å². The molecule has 0 spiro atoms. The molecule has 0 unspecified atom stereocenters. The standard InChI is InChI=1S/C10H23N3O2/c1-15-9-4-2-3-7-12-8-5-6-10(11)13-14/h12,14H,2-9H2,1H3,(H2,11,13). The summed E-state index contributed by atoms with van der Waals surface area (Å²) in [6.07, 6.45) is 5.05. The van der Waals surface area contributed by atoms with Crippen molar-refractivity contribution in [2.24, 2.45) is 10.9 Å². The normalized spacial score (nSPS) is 11.9. The predicted octanol–water partition coefficient (Wildman–Crippen LogP) is 0.919. The van der Waals surface area contributed by atoms with Crippen LogP contribution in [0.5, 0.6) is 0 Å². The Morgan fingerprint density at radius 3 is 2.67 bits per heavy atom. The van der Waals surface area contributed by atoms with Crippen LogP contribution in [0.1, 0.15) is 32.1 Å². The van der Waals surface area contributed by atoms with Crippen molar-refractivity contribution in [3.8, 4) is 0 Å². The highest BCUT2D eigenvalue weighted by Crippen LogP contribution is 1.94. The Labute approximate surface area is 91.7 Å². The number of methoxy groups -OCH3 is 1. The fourth-order valence-corrected chi connectivity index (χ4v) is 1.24. The van der Waals surface area contributed by atoms with Crippen LogP contribution in [0.25, 0.3) is 0 Å². The number of rotatable bonds is 10. The minimum Gasteiger partial charge on any atom is -0.409 e. The number of amidine groups is 1. The van der Waals surface area contributed by atoms with Gasteiger partial charge in [-0.15, -0.1) is 0 Å². The average molecular weight is 217 g/mol. The average Bonchev–Trinajstić information content (AvgIpc) is 2.26. The van der Waals surface area contributed by atoms with E-state index in [4.69, 9.17) is 15.7 Å². The van der Waals surface area contributed by atoms with Gasteiger partial charge >= 0.3 is 0 Å². The largest absolute Gasteiger partial charge is 0.409 e. The maximum Gasteiger partial charge on any atom is 0.139 e. The van der Waals surface area contributed by atoms with Gasteiger partial charge in [-0.2, -0.15) is 0 Å². The zero-order chi connectivity index (χ0) is 11.4. The molecule has 90 valence electrons. The van der Waals surface area contributed by atoms with E-state index in [9.17, 15) is 0 Å². The van der Waals surface area contributed by atoms with E-state index in [2.05, 4.69) is 10.5 Å². The van der Waals surface area contributed by atoms with E-state index < -0.39 is 0 Å². The van der Waals surface area contributed by atoms with Gasteiger partial charge in [0.1, 0.15) is 5.84 Å². The number of hydrogen-bond donors (Lipinski definition) is 3. The van der Waals surface area contributed by atoms with Crippen LogP contribution in [0.3, 0.4) is 0 Å². The second-order valence-electron chi connectivity index (χ2n) is 3.50. The first-order valence-electron chi connectivity index (χ1n) is 5.47. The second-order valence-corrected chi connectivity index (χ2v) is 3.50. The lowest BCUT2D eigenvalue weighted by atomic mass is 10.2. The van der Waals surface area contributed by atoms with Crippen molar-refractivity contribution in [2.45, 2.75) is 32.1 Å². The van der Waals surface area contributed by atoms with Crippen molar-refractivity contribution >= 4 is 5.84 Å².